The highest BCUT2D eigenvalue weighted by Gasteiger charge is 2.41. The van der Waals surface area contributed by atoms with E-state index < -0.39 is 11.0 Å². The van der Waals surface area contributed by atoms with E-state index in [-0.39, 0.29) is 11.0 Å². The summed E-state index contributed by atoms with van der Waals surface area (Å²) in [5.41, 5.74) is 4.76. The lowest BCUT2D eigenvalue weighted by Gasteiger charge is -2.47. The Morgan fingerprint density at radius 1 is 1.15 bits per heavy atom. The summed E-state index contributed by atoms with van der Waals surface area (Å²) in [5.74, 6) is 0.738. The van der Waals surface area contributed by atoms with Gasteiger partial charge in [0.2, 0.25) is 0 Å². The second kappa shape index (κ2) is 9.52. The van der Waals surface area contributed by atoms with Crippen LogP contribution in [0.15, 0.2) is 34.1 Å². The molecule has 1 aromatic heterocycles. The van der Waals surface area contributed by atoms with Crippen molar-refractivity contribution in [1.29, 1.82) is 0 Å². The van der Waals surface area contributed by atoms with Crippen LogP contribution in [-0.2, 0) is 22.9 Å². The average Bonchev–Trinajstić information content (AvgIpc) is 3.08. The van der Waals surface area contributed by atoms with E-state index >= 15 is 0 Å². The number of benzene rings is 1. The third kappa shape index (κ3) is 5.00. The zero-order valence-corrected chi connectivity index (χ0v) is 22.9. The number of aromatic nitrogens is 1. The Balaban J connectivity index is 1.76. The van der Waals surface area contributed by atoms with Crippen molar-refractivity contribution in [1.82, 2.24) is 8.87 Å². The van der Waals surface area contributed by atoms with E-state index in [9.17, 15) is 4.21 Å². The first-order chi connectivity index (χ1) is 15.5. The highest BCUT2D eigenvalue weighted by molar-refractivity contribution is 7.97. The second-order valence-corrected chi connectivity index (χ2v) is 13.6. The molecular weight excluding hydrogens is 446 g/mol. The van der Waals surface area contributed by atoms with Gasteiger partial charge in [0.25, 0.3) is 0 Å². The summed E-state index contributed by atoms with van der Waals surface area (Å²) in [7, 11) is -1.14. The SMILES string of the molecule is Cc1c(SN)cc(-c2ccc(S(=O)N3CCC3(C)C)c(C(C)(C)C)c2)n1CC1CCCCC1. The topological polar surface area (TPSA) is 51.3 Å². The molecule has 0 amide bonds. The van der Waals surface area contributed by atoms with Crippen molar-refractivity contribution >= 4 is 22.9 Å². The average molecular weight is 488 g/mol. The van der Waals surface area contributed by atoms with Gasteiger partial charge >= 0.3 is 0 Å². The van der Waals surface area contributed by atoms with Gasteiger partial charge in [-0.25, -0.2) is 8.51 Å². The van der Waals surface area contributed by atoms with E-state index in [0.717, 1.165) is 35.2 Å². The van der Waals surface area contributed by atoms with Gasteiger partial charge < -0.3 is 4.57 Å². The Bertz CT molecular complexity index is 1030. The first-order valence-electron chi connectivity index (χ1n) is 12.4. The Hall–Kier alpha value is -1.08. The first-order valence-corrected chi connectivity index (χ1v) is 14.4. The lowest BCUT2D eigenvalue weighted by Crippen LogP contribution is -2.56. The summed E-state index contributed by atoms with van der Waals surface area (Å²) in [4.78, 5) is 2.10. The third-order valence-corrected chi connectivity index (χ3v) is 10.2. The normalized spacial score (nSPS) is 20.6. The molecule has 2 aliphatic rings. The van der Waals surface area contributed by atoms with Crippen LogP contribution in [0.1, 0.15) is 84.4 Å². The van der Waals surface area contributed by atoms with Crippen molar-refractivity contribution in [2.45, 2.75) is 107 Å². The standard InChI is InChI=1S/C27H41N3OS2/c1-19-24(32-28)17-23(29(19)18-20-10-8-7-9-11-20)21-12-13-25(22(16-21)26(2,3)4)33(31)30-15-14-27(30,5)6/h12-13,16-17,20H,7-11,14-15,18,28H2,1-6H3. The minimum atomic E-state index is -1.14. The molecule has 2 fully saturated rings. The summed E-state index contributed by atoms with van der Waals surface area (Å²) in [6.45, 7) is 15.2. The van der Waals surface area contributed by atoms with Crippen LogP contribution < -0.4 is 5.14 Å². The molecule has 1 unspecified atom stereocenters. The van der Waals surface area contributed by atoms with Gasteiger partial charge in [0.15, 0.2) is 0 Å². The molecule has 4 nitrogen and oxygen atoms in total. The van der Waals surface area contributed by atoms with Crippen molar-refractivity contribution in [3.05, 3.63) is 35.5 Å². The number of hydrogen-bond donors (Lipinski definition) is 1. The lowest BCUT2D eigenvalue weighted by atomic mass is 9.85. The Morgan fingerprint density at radius 3 is 2.39 bits per heavy atom. The molecule has 1 saturated carbocycles. The molecule has 4 rings (SSSR count). The molecule has 1 saturated heterocycles. The first kappa shape index (κ1) is 25.0. The highest BCUT2D eigenvalue weighted by Crippen LogP contribution is 2.40. The van der Waals surface area contributed by atoms with Crippen molar-refractivity contribution in [3.8, 4) is 11.3 Å². The highest BCUT2D eigenvalue weighted by atomic mass is 32.2. The monoisotopic (exact) mass is 487 g/mol. The number of rotatable bonds is 6. The summed E-state index contributed by atoms with van der Waals surface area (Å²) >= 11 is 1.34. The predicted octanol–water partition coefficient (Wildman–Crippen LogP) is 6.81. The van der Waals surface area contributed by atoms with Crippen LogP contribution in [0.25, 0.3) is 11.3 Å². The van der Waals surface area contributed by atoms with Crippen molar-refractivity contribution in [3.63, 3.8) is 0 Å². The molecule has 0 bridgehead atoms. The van der Waals surface area contributed by atoms with Gasteiger partial charge in [-0.1, -0.05) is 46.1 Å². The quantitative estimate of drug-likeness (QED) is 0.455. The molecule has 1 aliphatic carbocycles. The van der Waals surface area contributed by atoms with Crippen LogP contribution >= 0.6 is 11.9 Å². The molecule has 182 valence electrons. The molecule has 2 heterocycles. The number of hydrogen-bond acceptors (Lipinski definition) is 3. The zero-order valence-electron chi connectivity index (χ0n) is 21.2. The maximum absolute atomic E-state index is 13.6. The van der Waals surface area contributed by atoms with Crippen LogP contribution in [0.5, 0.6) is 0 Å². The largest absolute Gasteiger partial charge is 0.343 e. The minimum Gasteiger partial charge on any atom is -0.343 e. The van der Waals surface area contributed by atoms with Crippen LogP contribution in [0.3, 0.4) is 0 Å². The second-order valence-electron chi connectivity index (χ2n) is 11.6. The van der Waals surface area contributed by atoms with E-state index in [4.69, 9.17) is 5.14 Å². The van der Waals surface area contributed by atoms with Crippen molar-refractivity contribution < 1.29 is 4.21 Å². The molecular formula is C27H41N3OS2. The van der Waals surface area contributed by atoms with Gasteiger partial charge in [0.05, 0.1) is 4.90 Å². The van der Waals surface area contributed by atoms with E-state index in [2.05, 4.69) is 74.7 Å². The van der Waals surface area contributed by atoms with Gasteiger partial charge in [-0.05, 0) is 92.6 Å². The molecule has 2 N–H and O–H groups in total. The molecule has 0 radical (unpaired) electrons. The molecule has 33 heavy (non-hydrogen) atoms. The van der Waals surface area contributed by atoms with Gasteiger partial charge in [0.1, 0.15) is 11.0 Å². The smallest absolute Gasteiger partial charge is 0.128 e. The Morgan fingerprint density at radius 2 is 1.85 bits per heavy atom. The molecule has 0 spiro atoms. The summed E-state index contributed by atoms with van der Waals surface area (Å²) in [6, 6.07) is 8.83. The number of nitrogens with zero attached hydrogens (tertiary/aromatic N) is 2. The summed E-state index contributed by atoms with van der Waals surface area (Å²) in [6.07, 6.45) is 7.80. The van der Waals surface area contributed by atoms with E-state index in [1.54, 1.807) is 0 Å². The molecule has 1 aliphatic heterocycles. The van der Waals surface area contributed by atoms with Crippen LogP contribution in [-0.4, -0.2) is 25.2 Å². The fraction of sp³-hybridized carbons (Fsp3) is 0.630. The predicted molar refractivity (Wildman–Crippen MR) is 142 cm³/mol. The van der Waals surface area contributed by atoms with Crippen molar-refractivity contribution in [2.24, 2.45) is 11.1 Å². The lowest BCUT2D eigenvalue weighted by molar-refractivity contribution is 0.118. The van der Waals surface area contributed by atoms with Crippen molar-refractivity contribution in [2.75, 3.05) is 6.54 Å². The fourth-order valence-electron chi connectivity index (χ4n) is 5.35. The van der Waals surface area contributed by atoms with Gasteiger partial charge in [0, 0.05) is 34.9 Å². The molecule has 1 atom stereocenters. The number of nitrogens with two attached hydrogens (primary N) is 1. The molecule has 6 heteroatoms. The Kier molecular flexibility index (Phi) is 7.22. The molecule has 2 aromatic rings. The minimum absolute atomic E-state index is 0.00224. The van der Waals surface area contributed by atoms with Gasteiger partial charge in [-0.15, -0.1) is 0 Å². The van der Waals surface area contributed by atoms with Crippen LogP contribution in [0.2, 0.25) is 0 Å². The Labute approximate surface area is 207 Å². The maximum Gasteiger partial charge on any atom is 0.128 e. The van der Waals surface area contributed by atoms with E-state index in [1.807, 2.05) is 0 Å². The van der Waals surface area contributed by atoms with E-state index in [0.29, 0.717) is 0 Å². The van der Waals surface area contributed by atoms with Crippen LogP contribution in [0.4, 0.5) is 0 Å². The van der Waals surface area contributed by atoms with E-state index in [1.165, 1.54) is 66.6 Å². The third-order valence-electron chi connectivity index (χ3n) is 7.69. The molecule has 1 aromatic carbocycles. The summed E-state index contributed by atoms with van der Waals surface area (Å²) < 4.78 is 18.2. The zero-order chi connectivity index (χ0) is 24.0. The van der Waals surface area contributed by atoms with Gasteiger partial charge in [-0.3, -0.25) is 5.14 Å². The van der Waals surface area contributed by atoms with Crippen LogP contribution in [0, 0.1) is 12.8 Å². The fourth-order valence-corrected chi connectivity index (χ4v) is 7.58. The summed E-state index contributed by atoms with van der Waals surface area (Å²) in [5, 5.41) is 6.05. The van der Waals surface area contributed by atoms with Gasteiger partial charge in [-0.2, -0.15) is 0 Å². The maximum atomic E-state index is 13.6.